The van der Waals surface area contributed by atoms with Gasteiger partial charge in [0, 0.05) is 30.4 Å². The first-order valence-electron chi connectivity index (χ1n) is 11.1. The van der Waals surface area contributed by atoms with Gasteiger partial charge in [0.1, 0.15) is 23.7 Å². The first kappa shape index (κ1) is 21.3. The third-order valence-electron chi connectivity index (χ3n) is 6.33. The van der Waals surface area contributed by atoms with Crippen LogP contribution in [0.1, 0.15) is 12.8 Å². The summed E-state index contributed by atoms with van der Waals surface area (Å²) in [6.45, 7) is 2.97. The molecule has 0 atom stereocenters. The summed E-state index contributed by atoms with van der Waals surface area (Å²) in [5, 5.41) is 0.715. The van der Waals surface area contributed by atoms with Crippen LogP contribution in [-0.4, -0.2) is 57.0 Å². The molecule has 1 aromatic carbocycles. The lowest BCUT2D eigenvalue weighted by Crippen LogP contribution is -2.45. The van der Waals surface area contributed by atoms with E-state index in [4.69, 9.17) is 20.2 Å². The summed E-state index contributed by atoms with van der Waals surface area (Å²) in [7, 11) is 0. The molecule has 4 aromatic rings. The fourth-order valence-electron chi connectivity index (χ4n) is 4.58. The molecule has 1 spiro atoms. The lowest BCUT2D eigenvalue weighted by molar-refractivity contribution is -0.169. The Bertz CT molecular complexity index is 1350. The number of aromatic nitrogens is 5. The molecule has 0 saturated carbocycles. The average Bonchev–Trinajstić information content (AvgIpc) is 3.32. The number of piperidine rings is 1. The third-order valence-corrected chi connectivity index (χ3v) is 6.83. The second-order valence-corrected chi connectivity index (χ2v) is 9.29. The summed E-state index contributed by atoms with van der Waals surface area (Å²) in [5.41, 5.74) is 9.93. The first-order valence-corrected chi connectivity index (χ1v) is 11.9. The molecule has 2 fully saturated rings. The predicted molar refractivity (Wildman–Crippen MR) is 132 cm³/mol. The van der Waals surface area contributed by atoms with Crippen molar-refractivity contribution in [1.29, 1.82) is 0 Å². The Kier molecular flexibility index (Phi) is 5.35. The molecular weight excluding hydrogens is 498 g/mol. The number of pyridine rings is 1. The quantitative estimate of drug-likeness (QED) is 0.431. The number of rotatable bonds is 3. The number of nitrogens with zero attached hydrogens (tertiary/aromatic N) is 6. The van der Waals surface area contributed by atoms with Gasteiger partial charge in [-0.3, -0.25) is 0 Å². The van der Waals surface area contributed by atoms with Gasteiger partial charge >= 0.3 is 0 Å². The third kappa shape index (κ3) is 3.87. The summed E-state index contributed by atoms with van der Waals surface area (Å²) >= 11 is 3.55. The molecule has 2 saturated heterocycles. The first-order chi connectivity index (χ1) is 16.6. The number of nitrogen functional groups attached to an aromatic ring is 1. The van der Waals surface area contributed by atoms with Crippen LogP contribution in [0.2, 0.25) is 0 Å². The van der Waals surface area contributed by atoms with E-state index in [0.29, 0.717) is 41.5 Å². The molecule has 0 radical (unpaired) electrons. The topological polar surface area (TPSA) is 112 Å². The molecule has 0 bridgehead atoms. The van der Waals surface area contributed by atoms with Crippen molar-refractivity contribution in [1.82, 2.24) is 24.9 Å². The highest BCUT2D eigenvalue weighted by Crippen LogP contribution is 2.35. The van der Waals surface area contributed by atoms with Gasteiger partial charge in [-0.25, -0.2) is 24.9 Å². The normalized spacial score (nSPS) is 17.5. The lowest BCUT2D eigenvalue weighted by atomic mass is 10.0. The largest absolute Gasteiger partial charge is 0.383 e. The van der Waals surface area contributed by atoms with Gasteiger partial charge in [-0.05, 0) is 29.3 Å². The minimum atomic E-state index is -0.411. The number of hydrogen-bond donors (Lipinski definition) is 1. The number of hydrogen-bond acceptors (Lipinski definition) is 9. The zero-order valence-electron chi connectivity index (χ0n) is 18.3. The number of anilines is 2. The van der Waals surface area contributed by atoms with Gasteiger partial charge in [0.25, 0.3) is 0 Å². The molecule has 10 heteroatoms. The van der Waals surface area contributed by atoms with Crippen LogP contribution in [-0.2, 0) is 9.47 Å². The van der Waals surface area contributed by atoms with Gasteiger partial charge in [0.2, 0.25) is 0 Å². The standard InChI is InChI=1S/C24H22BrN7O2/c25-16-3-1-2-15(10-16)17-11-18(31-23-21(17)22(26)29-14-30-23)19-12-28-20(13-27-19)32-6-4-24(5-7-32)33-8-9-34-24/h1-3,10-14H,4-9H2,(H2,26,29,30,31). The van der Waals surface area contributed by atoms with Crippen LogP contribution in [0, 0.1) is 0 Å². The highest BCUT2D eigenvalue weighted by atomic mass is 79.9. The lowest BCUT2D eigenvalue weighted by Gasteiger charge is -2.37. The molecule has 0 amide bonds. The van der Waals surface area contributed by atoms with E-state index in [1.54, 1.807) is 12.4 Å². The maximum absolute atomic E-state index is 6.21. The maximum Gasteiger partial charge on any atom is 0.171 e. The average molecular weight is 520 g/mol. The van der Waals surface area contributed by atoms with Crippen molar-refractivity contribution >= 4 is 38.6 Å². The van der Waals surface area contributed by atoms with Gasteiger partial charge in [0.05, 0.1) is 36.7 Å². The molecular formula is C24H22BrN7O2. The number of halogens is 1. The van der Waals surface area contributed by atoms with E-state index in [1.807, 2.05) is 30.3 Å². The van der Waals surface area contributed by atoms with Crippen LogP contribution in [0.15, 0.2) is 53.5 Å². The van der Waals surface area contributed by atoms with Gasteiger partial charge < -0.3 is 20.1 Å². The van der Waals surface area contributed by atoms with E-state index in [0.717, 1.165) is 47.3 Å². The van der Waals surface area contributed by atoms with E-state index in [1.165, 1.54) is 6.33 Å². The SMILES string of the molecule is Nc1ncnc2nc(-c3cnc(N4CCC5(CC4)OCCO5)cn3)cc(-c3cccc(Br)c3)c12. The summed E-state index contributed by atoms with van der Waals surface area (Å²) in [6.07, 6.45) is 6.61. The fraction of sp³-hybridized carbons (Fsp3) is 0.292. The van der Waals surface area contributed by atoms with Crippen molar-refractivity contribution in [2.45, 2.75) is 18.6 Å². The molecule has 3 aromatic heterocycles. The molecule has 0 aliphatic carbocycles. The van der Waals surface area contributed by atoms with E-state index in [9.17, 15) is 0 Å². The molecule has 5 heterocycles. The highest BCUT2D eigenvalue weighted by Gasteiger charge is 2.40. The zero-order valence-corrected chi connectivity index (χ0v) is 19.9. The monoisotopic (exact) mass is 519 g/mol. The molecule has 0 unspecified atom stereocenters. The Morgan fingerprint density at radius 1 is 0.941 bits per heavy atom. The van der Waals surface area contributed by atoms with Gasteiger partial charge in [-0.15, -0.1) is 0 Å². The van der Waals surface area contributed by atoms with E-state index >= 15 is 0 Å². The van der Waals surface area contributed by atoms with Crippen LogP contribution in [0.5, 0.6) is 0 Å². The van der Waals surface area contributed by atoms with Gasteiger partial charge in [0.15, 0.2) is 11.4 Å². The summed E-state index contributed by atoms with van der Waals surface area (Å²) in [4.78, 5) is 24.8. The maximum atomic E-state index is 6.21. The molecule has 172 valence electrons. The second kappa shape index (κ2) is 8.53. The molecule has 2 aliphatic rings. The number of fused-ring (bicyclic) bond motifs is 1. The van der Waals surface area contributed by atoms with Crippen molar-refractivity contribution in [2.24, 2.45) is 0 Å². The van der Waals surface area contributed by atoms with Crippen molar-refractivity contribution in [3.63, 3.8) is 0 Å². The minimum absolute atomic E-state index is 0.388. The van der Waals surface area contributed by atoms with Crippen LogP contribution in [0.4, 0.5) is 11.6 Å². The predicted octanol–water partition coefficient (Wildman–Crippen LogP) is 3.84. The van der Waals surface area contributed by atoms with Crippen LogP contribution in [0.25, 0.3) is 33.5 Å². The van der Waals surface area contributed by atoms with Crippen LogP contribution in [0.3, 0.4) is 0 Å². The summed E-state index contributed by atoms with van der Waals surface area (Å²) in [5.74, 6) is 0.806. The molecule has 34 heavy (non-hydrogen) atoms. The van der Waals surface area contributed by atoms with Gasteiger partial charge in [-0.2, -0.15) is 0 Å². The van der Waals surface area contributed by atoms with Gasteiger partial charge in [-0.1, -0.05) is 28.1 Å². The molecule has 2 N–H and O–H groups in total. The summed E-state index contributed by atoms with van der Waals surface area (Å²) in [6, 6.07) is 9.97. The molecule has 2 aliphatic heterocycles. The Morgan fingerprint density at radius 2 is 1.76 bits per heavy atom. The van der Waals surface area contributed by atoms with Crippen LogP contribution >= 0.6 is 15.9 Å². The van der Waals surface area contributed by atoms with E-state index in [2.05, 4.69) is 40.8 Å². The van der Waals surface area contributed by atoms with E-state index in [-0.39, 0.29) is 0 Å². The zero-order chi connectivity index (χ0) is 23.1. The van der Waals surface area contributed by atoms with Crippen LogP contribution < -0.4 is 10.6 Å². The summed E-state index contributed by atoms with van der Waals surface area (Å²) < 4.78 is 12.6. The Balaban J connectivity index is 1.33. The number of ether oxygens (including phenoxy) is 2. The Labute approximate surface area is 204 Å². The second-order valence-electron chi connectivity index (χ2n) is 8.38. The minimum Gasteiger partial charge on any atom is -0.383 e. The van der Waals surface area contributed by atoms with Crippen molar-refractivity contribution in [3.8, 4) is 22.5 Å². The smallest absolute Gasteiger partial charge is 0.171 e. The van der Waals surface area contributed by atoms with Crippen molar-refractivity contribution in [3.05, 3.63) is 53.5 Å². The van der Waals surface area contributed by atoms with Crippen molar-refractivity contribution < 1.29 is 9.47 Å². The Hall–Kier alpha value is -3.21. The number of benzene rings is 1. The molecule has 9 nitrogen and oxygen atoms in total. The van der Waals surface area contributed by atoms with Crippen molar-refractivity contribution in [2.75, 3.05) is 36.9 Å². The molecule has 6 rings (SSSR count). The van der Waals surface area contributed by atoms with E-state index < -0.39 is 5.79 Å². The highest BCUT2D eigenvalue weighted by molar-refractivity contribution is 9.10. The fourth-order valence-corrected chi connectivity index (χ4v) is 4.98. The Morgan fingerprint density at radius 3 is 2.50 bits per heavy atom. The number of nitrogens with two attached hydrogens (primary N) is 1.